The second kappa shape index (κ2) is 10.1. The number of hydrogen-bond donors (Lipinski definition) is 0. The molecule has 180 valence electrons. The van der Waals surface area contributed by atoms with E-state index in [-0.39, 0.29) is 23.4 Å². The molecule has 2 heterocycles. The van der Waals surface area contributed by atoms with E-state index in [0.717, 1.165) is 0 Å². The van der Waals surface area contributed by atoms with E-state index in [9.17, 15) is 19.7 Å². The Kier molecular flexibility index (Phi) is 6.92. The largest absolute Gasteiger partial charge is 0.494 e. The maximum Gasteiger partial charge on any atom is 0.338 e. The predicted molar refractivity (Wildman–Crippen MR) is 131 cm³/mol. The van der Waals surface area contributed by atoms with Crippen molar-refractivity contribution < 1.29 is 19.2 Å². The molecule has 0 N–H and O–H groups in total. The van der Waals surface area contributed by atoms with Gasteiger partial charge in [-0.1, -0.05) is 29.5 Å². The lowest BCUT2D eigenvalue weighted by Gasteiger charge is -2.26. The quantitative estimate of drug-likeness (QED) is 0.284. The molecule has 35 heavy (non-hydrogen) atoms. The van der Waals surface area contributed by atoms with Crippen LogP contribution in [-0.4, -0.2) is 28.7 Å². The summed E-state index contributed by atoms with van der Waals surface area (Å²) in [5.74, 6) is 0.0103. The van der Waals surface area contributed by atoms with Crippen molar-refractivity contribution in [2.45, 2.75) is 26.8 Å². The Morgan fingerprint density at radius 1 is 1.17 bits per heavy atom. The Morgan fingerprint density at radius 3 is 2.54 bits per heavy atom. The smallest absolute Gasteiger partial charge is 0.338 e. The van der Waals surface area contributed by atoms with Crippen molar-refractivity contribution in [2.24, 2.45) is 4.99 Å². The minimum Gasteiger partial charge on any atom is -0.494 e. The third kappa shape index (κ3) is 4.65. The molecule has 0 fully saturated rings. The number of benzene rings is 2. The molecule has 0 saturated heterocycles. The average Bonchev–Trinajstić information content (AvgIpc) is 3.13. The molecule has 4 rings (SSSR count). The number of esters is 1. The van der Waals surface area contributed by atoms with Crippen LogP contribution in [-0.2, 0) is 9.53 Å². The number of nitro groups is 1. The first kappa shape index (κ1) is 24.1. The molecule has 1 aromatic heterocycles. The molecular formula is C25H23N3O6S. The fraction of sp³-hybridized carbons (Fsp3) is 0.240. The first-order chi connectivity index (χ1) is 16.8. The van der Waals surface area contributed by atoms with Crippen molar-refractivity contribution in [3.63, 3.8) is 0 Å². The van der Waals surface area contributed by atoms with Crippen LogP contribution in [0, 0.1) is 10.1 Å². The summed E-state index contributed by atoms with van der Waals surface area (Å²) in [5, 5.41) is 10.9. The molecule has 9 nitrogen and oxygen atoms in total. The summed E-state index contributed by atoms with van der Waals surface area (Å²) in [6, 6.07) is 12.4. The Labute approximate surface area is 204 Å². The first-order valence-electron chi connectivity index (χ1n) is 11.0. The Balaban J connectivity index is 1.94. The number of hydrogen-bond acceptors (Lipinski definition) is 8. The molecule has 1 aliphatic heterocycles. The molecule has 0 bridgehead atoms. The second-order valence-electron chi connectivity index (χ2n) is 7.62. The summed E-state index contributed by atoms with van der Waals surface area (Å²) in [5.41, 5.74) is 1.64. The van der Waals surface area contributed by atoms with Gasteiger partial charge in [-0.25, -0.2) is 9.79 Å². The highest BCUT2D eigenvalue weighted by Gasteiger charge is 2.35. The van der Waals surface area contributed by atoms with Crippen LogP contribution < -0.4 is 19.6 Å². The van der Waals surface area contributed by atoms with E-state index in [1.807, 2.05) is 25.1 Å². The molecule has 1 aliphatic rings. The lowest BCUT2D eigenvalue weighted by Crippen LogP contribution is -2.40. The summed E-state index contributed by atoms with van der Waals surface area (Å²) in [6.45, 7) is 5.89. The van der Waals surface area contributed by atoms with Crippen LogP contribution in [0.2, 0.25) is 0 Å². The van der Waals surface area contributed by atoms with Crippen LogP contribution in [0.25, 0.3) is 6.08 Å². The van der Waals surface area contributed by atoms with Crippen LogP contribution in [0.4, 0.5) is 5.69 Å². The number of nitrogens with zero attached hydrogens (tertiary/aromatic N) is 3. The van der Waals surface area contributed by atoms with Gasteiger partial charge in [0.1, 0.15) is 11.8 Å². The van der Waals surface area contributed by atoms with Gasteiger partial charge in [-0.05, 0) is 50.6 Å². The number of aromatic nitrogens is 1. The Hall–Kier alpha value is -4.05. The zero-order valence-corrected chi connectivity index (χ0v) is 20.2. The summed E-state index contributed by atoms with van der Waals surface area (Å²) in [4.78, 5) is 42.1. The predicted octanol–water partition coefficient (Wildman–Crippen LogP) is 3.11. The van der Waals surface area contributed by atoms with Crippen molar-refractivity contribution in [1.29, 1.82) is 0 Å². The van der Waals surface area contributed by atoms with E-state index >= 15 is 0 Å². The number of carbonyl (C=O) groups excluding carboxylic acids is 1. The molecule has 10 heteroatoms. The second-order valence-corrected chi connectivity index (χ2v) is 8.63. The maximum atomic E-state index is 13.6. The third-order valence-corrected chi connectivity index (χ3v) is 6.42. The number of nitro benzene ring substituents is 1. The summed E-state index contributed by atoms with van der Waals surface area (Å²) in [6.07, 6.45) is 1.66. The molecular weight excluding hydrogens is 470 g/mol. The van der Waals surface area contributed by atoms with Gasteiger partial charge >= 0.3 is 5.97 Å². The van der Waals surface area contributed by atoms with Crippen molar-refractivity contribution >= 4 is 29.1 Å². The van der Waals surface area contributed by atoms with Gasteiger partial charge in [0.25, 0.3) is 11.2 Å². The molecule has 0 radical (unpaired) electrons. The number of carbonyl (C=O) groups is 1. The van der Waals surface area contributed by atoms with Crippen molar-refractivity contribution in [3.05, 3.63) is 101 Å². The monoisotopic (exact) mass is 493 g/mol. The number of fused-ring (bicyclic) bond motifs is 1. The minimum absolute atomic E-state index is 0.0363. The van der Waals surface area contributed by atoms with Gasteiger partial charge in [0.05, 0.1) is 33.9 Å². The Bertz CT molecular complexity index is 1500. The van der Waals surface area contributed by atoms with E-state index in [1.165, 1.54) is 28.0 Å². The lowest BCUT2D eigenvalue weighted by atomic mass is 9.95. The van der Waals surface area contributed by atoms with Gasteiger partial charge in [0.15, 0.2) is 4.80 Å². The van der Waals surface area contributed by atoms with E-state index in [2.05, 4.69) is 4.99 Å². The van der Waals surface area contributed by atoms with Crippen LogP contribution in [0.3, 0.4) is 0 Å². The molecule has 0 aliphatic carbocycles. The fourth-order valence-corrected chi connectivity index (χ4v) is 4.97. The number of allylic oxidation sites excluding steroid dienone is 1. The highest BCUT2D eigenvalue weighted by atomic mass is 32.1. The van der Waals surface area contributed by atoms with E-state index in [1.54, 1.807) is 38.1 Å². The standard InChI is InChI=1S/C25H23N3O6S/c1-4-33-19-9-7-6-8-18(19)22-21(24(30)34-5-2)15(3)26-25-27(22)23(29)20(35-25)14-16-10-12-17(13-11-16)28(31)32/h6-14,22H,4-5H2,1-3H3/b20-14-/t22-/m1/s1. The lowest BCUT2D eigenvalue weighted by molar-refractivity contribution is -0.384. The first-order valence-corrected chi connectivity index (χ1v) is 11.8. The van der Waals surface area contributed by atoms with Crippen LogP contribution in [0.1, 0.15) is 37.9 Å². The maximum absolute atomic E-state index is 13.6. The highest BCUT2D eigenvalue weighted by molar-refractivity contribution is 7.07. The molecule has 1 atom stereocenters. The van der Waals surface area contributed by atoms with E-state index in [0.29, 0.717) is 38.5 Å². The van der Waals surface area contributed by atoms with E-state index in [4.69, 9.17) is 9.47 Å². The van der Waals surface area contributed by atoms with Gasteiger partial charge in [-0.2, -0.15) is 0 Å². The summed E-state index contributed by atoms with van der Waals surface area (Å²) in [7, 11) is 0. The van der Waals surface area contributed by atoms with Crippen LogP contribution >= 0.6 is 11.3 Å². The number of ether oxygens (including phenoxy) is 2. The molecule has 0 spiro atoms. The number of para-hydroxylation sites is 1. The van der Waals surface area contributed by atoms with Crippen molar-refractivity contribution in [2.75, 3.05) is 13.2 Å². The normalized spacial score (nSPS) is 15.4. The van der Waals surface area contributed by atoms with Gasteiger partial charge in [-0.3, -0.25) is 19.5 Å². The molecule has 0 amide bonds. The SMILES string of the molecule is CCOC(=O)C1=C(C)N=c2s/c(=C\c3ccc([N+](=O)[O-])cc3)c(=O)n2[C@@H]1c1ccccc1OCC. The molecule has 0 unspecified atom stereocenters. The highest BCUT2D eigenvalue weighted by Crippen LogP contribution is 2.35. The number of non-ortho nitro benzene ring substituents is 1. The summed E-state index contributed by atoms with van der Waals surface area (Å²) >= 11 is 1.18. The average molecular weight is 494 g/mol. The van der Waals surface area contributed by atoms with Gasteiger partial charge in [-0.15, -0.1) is 0 Å². The topological polar surface area (TPSA) is 113 Å². The van der Waals surface area contributed by atoms with Crippen LogP contribution in [0.15, 0.2) is 69.6 Å². The summed E-state index contributed by atoms with van der Waals surface area (Å²) < 4.78 is 13.0. The van der Waals surface area contributed by atoms with Crippen molar-refractivity contribution in [1.82, 2.24) is 4.57 Å². The van der Waals surface area contributed by atoms with Crippen molar-refractivity contribution in [3.8, 4) is 5.75 Å². The Morgan fingerprint density at radius 2 is 1.89 bits per heavy atom. The number of rotatable bonds is 7. The van der Waals surface area contributed by atoms with Gasteiger partial charge in [0, 0.05) is 17.7 Å². The third-order valence-electron chi connectivity index (χ3n) is 5.43. The molecule has 0 saturated carbocycles. The zero-order chi connectivity index (χ0) is 25.1. The minimum atomic E-state index is -0.785. The number of thiazole rings is 1. The van der Waals surface area contributed by atoms with E-state index < -0.39 is 16.9 Å². The zero-order valence-electron chi connectivity index (χ0n) is 19.4. The van der Waals surface area contributed by atoms with Gasteiger partial charge < -0.3 is 9.47 Å². The fourth-order valence-electron chi connectivity index (χ4n) is 3.92. The van der Waals surface area contributed by atoms with Gasteiger partial charge in [0.2, 0.25) is 0 Å². The molecule has 3 aromatic rings. The molecule has 2 aromatic carbocycles. The van der Waals surface area contributed by atoms with Crippen LogP contribution in [0.5, 0.6) is 5.75 Å².